The molecule has 0 saturated carbocycles. The predicted molar refractivity (Wildman–Crippen MR) is 133 cm³/mol. The highest BCUT2D eigenvalue weighted by molar-refractivity contribution is 6.10. The maximum absolute atomic E-state index is 13.1. The summed E-state index contributed by atoms with van der Waals surface area (Å²) in [5, 5.41) is 3.09. The van der Waals surface area contributed by atoms with Crippen LogP contribution in [0.2, 0.25) is 0 Å². The number of likely N-dealkylation sites (N-methyl/N-ethyl adjacent to an activating group) is 1. The molecule has 1 amide bonds. The Bertz CT molecular complexity index is 1050. The molecule has 176 valence electrons. The number of pyridine rings is 1. The van der Waals surface area contributed by atoms with Gasteiger partial charge in [-0.2, -0.15) is 0 Å². The van der Waals surface area contributed by atoms with Gasteiger partial charge >= 0.3 is 0 Å². The van der Waals surface area contributed by atoms with E-state index in [4.69, 9.17) is 16.2 Å². The Kier molecular flexibility index (Phi) is 8.19. The fraction of sp³-hybridized carbons (Fsp3) is 0.400. The molecule has 2 atom stereocenters. The second-order valence-electron chi connectivity index (χ2n) is 8.43. The molecule has 3 rings (SSSR count). The van der Waals surface area contributed by atoms with Crippen LogP contribution in [-0.4, -0.2) is 61.3 Å². The van der Waals surface area contributed by atoms with Gasteiger partial charge in [-0.1, -0.05) is 25.1 Å². The van der Waals surface area contributed by atoms with Crippen LogP contribution in [-0.2, 0) is 17.8 Å². The van der Waals surface area contributed by atoms with Gasteiger partial charge in [-0.15, -0.1) is 0 Å². The number of rotatable bonds is 8. The molecule has 0 bridgehead atoms. The summed E-state index contributed by atoms with van der Waals surface area (Å²) in [7, 11) is 3.67. The number of benzene rings is 1. The van der Waals surface area contributed by atoms with Gasteiger partial charge in [0.1, 0.15) is 5.82 Å². The van der Waals surface area contributed by atoms with E-state index in [2.05, 4.69) is 52.2 Å². The van der Waals surface area contributed by atoms with Crippen molar-refractivity contribution >= 4 is 23.5 Å². The van der Waals surface area contributed by atoms with Crippen LogP contribution in [0.4, 0.5) is 5.82 Å². The fourth-order valence-electron chi connectivity index (χ4n) is 4.08. The Balaban J connectivity index is 1.71. The van der Waals surface area contributed by atoms with Crippen molar-refractivity contribution in [3.8, 4) is 0 Å². The average Bonchev–Trinajstić information content (AvgIpc) is 3.15. The number of nitrogens with one attached hydrogen (secondary N) is 1. The molecule has 0 aliphatic carbocycles. The lowest BCUT2D eigenvalue weighted by atomic mass is 10.0. The SMILES string of the molecule is CCc1cc(CO[C@H]2CN(C)C[C@@H]2NC(=O)c2cc(C(C=NC)=CN)cnc2N)ccc1C. The molecule has 1 aromatic heterocycles. The molecular weight excluding hydrogens is 416 g/mol. The van der Waals surface area contributed by atoms with Crippen LogP contribution in [0.1, 0.15) is 39.5 Å². The Labute approximate surface area is 195 Å². The number of ether oxygens (including phenoxy) is 1. The summed E-state index contributed by atoms with van der Waals surface area (Å²) in [5.74, 6) is -0.124. The number of aromatic nitrogens is 1. The minimum Gasteiger partial charge on any atom is -0.404 e. The lowest BCUT2D eigenvalue weighted by Gasteiger charge is -2.21. The smallest absolute Gasteiger partial charge is 0.255 e. The summed E-state index contributed by atoms with van der Waals surface area (Å²) in [6.45, 7) is 6.20. The van der Waals surface area contributed by atoms with Crippen LogP contribution in [0.5, 0.6) is 0 Å². The molecular formula is C25H34N6O2. The zero-order valence-corrected chi connectivity index (χ0v) is 19.8. The molecule has 8 heteroatoms. The first kappa shape index (κ1) is 24.4. The molecule has 1 aliphatic rings. The zero-order valence-electron chi connectivity index (χ0n) is 19.8. The van der Waals surface area contributed by atoms with Gasteiger partial charge in [-0.25, -0.2) is 4.98 Å². The Morgan fingerprint density at radius 2 is 2.15 bits per heavy atom. The number of hydrogen-bond acceptors (Lipinski definition) is 7. The minimum atomic E-state index is -0.288. The number of carbonyl (C=O) groups excluding carboxylic acids is 1. The number of carbonyl (C=O) groups is 1. The zero-order chi connectivity index (χ0) is 24.0. The van der Waals surface area contributed by atoms with Crippen molar-refractivity contribution in [3.05, 3.63) is 64.5 Å². The van der Waals surface area contributed by atoms with E-state index in [0.717, 1.165) is 18.5 Å². The maximum atomic E-state index is 13.1. The topological polar surface area (TPSA) is 119 Å². The maximum Gasteiger partial charge on any atom is 0.255 e. The van der Waals surface area contributed by atoms with Gasteiger partial charge in [0.05, 0.1) is 24.3 Å². The van der Waals surface area contributed by atoms with Gasteiger partial charge in [0.25, 0.3) is 5.91 Å². The molecule has 5 N–H and O–H groups in total. The second-order valence-corrected chi connectivity index (χ2v) is 8.43. The van der Waals surface area contributed by atoms with Crippen molar-refractivity contribution < 1.29 is 9.53 Å². The lowest BCUT2D eigenvalue weighted by molar-refractivity contribution is 0.0323. The van der Waals surface area contributed by atoms with Crippen LogP contribution in [0.25, 0.3) is 5.57 Å². The average molecular weight is 451 g/mol. The van der Waals surface area contributed by atoms with Crippen LogP contribution < -0.4 is 16.8 Å². The van der Waals surface area contributed by atoms with Crippen molar-refractivity contribution in [1.29, 1.82) is 0 Å². The van der Waals surface area contributed by atoms with Gasteiger partial charge in [0.15, 0.2) is 0 Å². The van der Waals surface area contributed by atoms with Gasteiger partial charge in [0, 0.05) is 49.9 Å². The summed E-state index contributed by atoms with van der Waals surface area (Å²) >= 11 is 0. The number of allylic oxidation sites excluding steroid dienone is 1. The first-order chi connectivity index (χ1) is 15.9. The summed E-state index contributed by atoms with van der Waals surface area (Å²) in [6.07, 6.45) is 5.47. The molecule has 0 radical (unpaired) electrons. The first-order valence-electron chi connectivity index (χ1n) is 11.2. The number of aryl methyl sites for hydroxylation is 2. The molecule has 0 unspecified atom stereocenters. The van der Waals surface area contributed by atoms with E-state index in [1.165, 1.54) is 17.3 Å². The third kappa shape index (κ3) is 5.97. The molecule has 33 heavy (non-hydrogen) atoms. The van der Waals surface area contributed by atoms with E-state index in [9.17, 15) is 4.79 Å². The number of nitrogens with zero attached hydrogens (tertiary/aromatic N) is 3. The summed E-state index contributed by atoms with van der Waals surface area (Å²) in [4.78, 5) is 23.4. The normalized spacial score (nSPS) is 19.3. The summed E-state index contributed by atoms with van der Waals surface area (Å²) in [6, 6.07) is 7.95. The molecule has 1 aromatic carbocycles. The monoisotopic (exact) mass is 450 g/mol. The molecule has 1 fully saturated rings. The van der Waals surface area contributed by atoms with E-state index < -0.39 is 0 Å². The number of likely N-dealkylation sites (tertiary alicyclic amines) is 1. The van der Waals surface area contributed by atoms with Crippen LogP contribution in [0.3, 0.4) is 0 Å². The second kappa shape index (κ2) is 11.1. The lowest BCUT2D eigenvalue weighted by Crippen LogP contribution is -2.44. The molecule has 8 nitrogen and oxygen atoms in total. The summed E-state index contributed by atoms with van der Waals surface area (Å²) in [5.41, 5.74) is 17.1. The molecule has 2 heterocycles. The quantitative estimate of drug-likeness (QED) is 0.531. The molecule has 0 spiro atoms. The van der Waals surface area contributed by atoms with E-state index in [1.54, 1.807) is 25.5 Å². The van der Waals surface area contributed by atoms with E-state index in [1.807, 2.05) is 7.05 Å². The van der Waals surface area contributed by atoms with E-state index in [0.29, 0.717) is 29.9 Å². The third-order valence-electron chi connectivity index (χ3n) is 5.97. The predicted octanol–water partition coefficient (Wildman–Crippen LogP) is 2.16. The highest BCUT2D eigenvalue weighted by Gasteiger charge is 2.33. The first-order valence-corrected chi connectivity index (χ1v) is 11.2. The van der Waals surface area contributed by atoms with Crippen LogP contribution >= 0.6 is 0 Å². The van der Waals surface area contributed by atoms with Gasteiger partial charge in [0.2, 0.25) is 0 Å². The Morgan fingerprint density at radius 1 is 1.36 bits per heavy atom. The van der Waals surface area contributed by atoms with Crippen molar-refractivity contribution in [2.24, 2.45) is 10.7 Å². The van der Waals surface area contributed by atoms with Crippen molar-refractivity contribution in [2.45, 2.75) is 39.0 Å². The Morgan fingerprint density at radius 3 is 2.85 bits per heavy atom. The van der Waals surface area contributed by atoms with Crippen molar-refractivity contribution in [1.82, 2.24) is 15.2 Å². The largest absolute Gasteiger partial charge is 0.404 e. The standard InChI is InChI=1S/C25H34N6O2/c1-5-18-8-17(7-6-16(18)2)15-33-23-14-31(4)13-22(23)30-25(32)21-9-19(12-29-24(21)27)20(10-26)11-28-3/h6-12,22-23H,5,13-15,26H2,1-4H3,(H2,27,29)(H,30,32)/t22-,23-/m0/s1. The number of hydrogen-bond donors (Lipinski definition) is 3. The van der Waals surface area contributed by atoms with Crippen LogP contribution in [0, 0.1) is 6.92 Å². The van der Waals surface area contributed by atoms with Crippen molar-refractivity contribution in [2.75, 3.05) is 32.9 Å². The number of aliphatic imine (C=N–C) groups is 1. The minimum absolute atomic E-state index is 0.130. The fourth-order valence-corrected chi connectivity index (χ4v) is 4.08. The Hall–Kier alpha value is -3.23. The third-order valence-corrected chi connectivity index (χ3v) is 5.97. The van der Waals surface area contributed by atoms with Gasteiger partial charge in [-0.05, 0) is 43.1 Å². The van der Waals surface area contributed by atoms with Crippen molar-refractivity contribution in [3.63, 3.8) is 0 Å². The molecule has 1 saturated heterocycles. The molecule has 1 aliphatic heterocycles. The summed E-state index contributed by atoms with van der Waals surface area (Å²) < 4.78 is 6.24. The van der Waals surface area contributed by atoms with E-state index >= 15 is 0 Å². The van der Waals surface area contributed by atoms with Crippen LogP contribution in [0.15, 0.2) is 41.7 Å². The number of nitrogen functional groups attached to an aromatic ring is 1. The van der Waals surface area contributed by atoms with Gasteiger partial charge in [-0.3, -0.25) is 9.79 Å². The number of amides is 1. The molecule has 2 aromatic rings. The highest BCUT2D eigenvalue weighted by Crippen LogP contribution is 2.20. The van der Waals surface area contributed by atoms with E-state index in [-0.39, 0.29) is 23.9 Å². The van der Waals surface area contributed by atoms with Gasteiger partial charge < -0.3 is 26.4 Å². The highest BCUT2D eigenvalue weighted by atomic mass is 16.5. The number of anilines is 1. The number of nitrogens with two attached hydrogens (primary N) is 2.